The Hall–Kier alpha value is -1.85. The molecule has 6 heteroatoms. The maximum Gasteiger partial charge on any atom is 0.270 e. The van der Waals surface area contributed by atoms with Crippen LogP contribution in [-0.2, 0) is 11.8 Å². The number of hydrogen-bond acceptors (Lipinski definition) is 2. The van der Waals surface area contributed by atoms with E-state index in [1.165, 1.54) is 0 Å². The molecule has 3 atom stereocenters. The first-order valence-electron chi connectivity index (χ1n) is 8.91. The van der Waals surface area contributed by atoms with Gasteiger partial charge in [-0.25, -0.2) is 4.39 Å². The minimum atomic E-state index is -1.37. The number of piperidine rings is 2. The lowest BCUT2D eigenvalue weighted by atomic mass is 9.89. The Morgan fingerprint density at radius 2 is 1.83 bits per heavy atom. The van der Waals surface area contributed by atoms with Crippen LogP contribution in [0.3, 0.4) is 0 Å². The first-order valence-corrected chi connectivity index (χ1v) is 8.91. The Labute approximate surface area is 141 Å². The van der Waals surface area contributed by atoms with Crippen LogP contribution in [0.15, 0.2) is 18.3 Å². The lowest BCUT2D eigenvalue weighted by Crippen LogP contribution is -2.66. The molecule has 4 aliphatic rings. The third-order valence-electron chi connectivity index (χ3n) is 5.74. The SMILES string of the molecule is Cn1cccc1C(=O)N1CC2CCC1CN2C(=O)C(F)CC1CC1. The fourth-order valence-corrected chi connectivity index (χ4v) is 4.10. The van der Waals surface area contributed by atoms with Crippen LogP contribution in [0.2, 0.25) is 0 Å². The number of aromatic nitrogens is 1. The van der Waals surface area contributed by atoms with Crippen molar-refractivity contribution in [2.24, 2.45) is 13.0 Å². The molecule has 4 heterocycles. The molecule has 5 rings (SSSR count). The normalized spacial score (nSPS) is 27.4. The lowest BCUT2D eigenvalue weighted by Gasteiger charge is -2.51. The monoisotopic (exact) mass is 333 g/mol. The molecule has 0 radical (unpaired) electrons. The lowest BCUT2D eigenvalue weighted by molar-refractivity contribution is -0.146. The van der Waals surface area contributed by atoms with E-state index in [9.17, 15) is 14.0 Å². The van der Waals surface area contributed by atoms with Gasteiger partial charge in [0, 0.05) is 38.4 Å². The highest BCUT2D eigenvalue weighted by atomic mass is 19.1. The molecule has 3 unspecified atom stereocenters. The van der Waals surface area contributed by atoms with Gasteiger partial charge in [0.25, 0.3) is 11.8 Å². The summed E-state index contributed by atoms with van der Waals surface area (Å²) in [5.74, 6) is 0.0583. The minimum absolute atomic E-state index is 0.00877. The molecule has 2 amide bonds. The number of nitrogens with zero attached hydrogens (tertiary/aromatic N) is 3. The van der Waals surface area contributed by atoms with Gasteiger partial charge in [-0.2, -0.15) is 0 Å². The van der Waals surface area contributed by atoms with Crippen LogP contribution in [0, 0.1) is 5.92 Å². The number of piperazine rings is 1. The van der Waals surface area contributed by atoms with Crippen molar-refractivity contribution < 1.29 is 14.0 Å². The highest BCUT2D eigenvalue weighted by Gasteiger charge is 2.45. The van der Waals surface area contributed by atoms with Crippen molar-refractivity contribution in [2.45, 2.75) is 50.4 Å². The van der Waals surface area contributed by atoms with Crippen LogP contribution in [0.4, 0.5) is 4.39 Å². The first kappa shape index (κ1) is 15.7. The summed E-state index contributed by atoms with van der Waals surface area (Å²) in [5.41, 5.74) is 0.664. The van der Waals surface area contributed by atoms with Crippen LogP contribution < -0.4 is 0 Å². The quantitative estimate of drug-likeness (QED) is 0.846. The highest BCUT2D eigenvalue weighted by Crippen LogP contribution is 2.36. The number of fused-ring (bicyclic) bond motifs is 3. The third-order valence-corrected chi connectivity index (χ3v) is 5.74. The van der Waals surface area contributed by atoms with Crippen LogP contribution >= 0.6 is 0 Å². The smallest absolute Gasteiger partial charge is 0.270 e. The zero-order chi connectivity index (χ0) is 16.8. The number of hydrogen-bond donors (Lipinski definition) is 0. The molecule has 0 N–H and O–H groups in total. The number of aryl methyl sites for hydroxylation is 1. The van der Waals surface area contributed by atoms with E-state index in [2.05, 4.69) is 0 Å². The number of amides is 2. The van der Waals surface area contributed by atoms with Gasteiger partial charge in [-0.1, -0.05) is 12.8 Å². The maximum atomic E-state index is 14.3. The molecule has 2 bridgehead atoms. The Morgan fingerprint density at radius 3 is 2.38 bits per heavy atom. The average molecular weight is 333 g/mol. The van der Waals surface area contributed by atoms with E-state index in [0.717, 1.165) is 25.7 Å². The third kappa shape index (κ3) is 2.72. The molecule has 3 aliphatic heterocycles. The molecule has 3 saturated heterocycles. The van der Waals surface area contributed by atoms with Crippen molar-refractivity contribution in [3.63, 3.8) is 0 Å². The summed E-state index contributed by atoms with van der Waals surface area (Å²) in [4.78, 5) is 28.8. The largest absolute Gasteiger partial charge is 0.347 e. The Kier molecular flexibility index (Phi) is 3.85. The molecule has 4 fully saturated rings. The van der Waals surface area contributed by atoms with E-state index < -0.39 is 6.17 Å². The van der Waals surface area contributed by atoms with E-state index in [-0.39, 0.29) is 23.9 Å². The van der Waals surface area contributed by atoms with Crippen molar-refractivity contribution in [2.75, 3.05) is 13.1 Å². The second kappa shape index (κ2) is 5.90. The predicted octanol–water partition coefficient (Wildman–Crippen LogP) is 1.98. The number of rotatable bonds is 4. The molecule has 1 aromatic rings. The van der Waals surface area contributed by atoms with E-state index in [0.29, 0.717) is 31.1 Å². The van der Waals surface area contributed by atoms with Crippen LogP contribution in [0.1, 0.15) is 42.6 Å². The van der Waals surface area contributed by atoms with Crippen molar-refractivity contribution in [3.8, 4) is 0 Å². The van der Waals surface area contributed by atoms with E-state index in [4.69, 9.17) is 0 Å². The second-order valence-electron chi connectivity index (χ2n) is 7.48. The summed E-state index contributed by atoms with van der Waals surface area (Å²) in [6, 6.07) is 3.65. The standard InChI is InChI=1S/C18H24FN3O2/c1-20-8-2-3-16(20)18(24)22-11-13-6-7-14(22)10-21(13)17(23)15(19)9-12-4-5-12/h2-3,8,12-15H,4-7,9-11H2,1H3. The van der Waals surface area contributed by atoms with E-state index >= 15 is 0 Å². The predicted molar refractivity (Wildman–Crippen MR) is 87.2 cm³/mol. The Balaban J connectivity index is 1.44. The molecular formula is C18H24FN3O2. The van der Waals surface area contributed by atoms with Gasteiger partial charge in [0.1, 0.15) is 5.69 Å². The first-order chi connectivity index (χ1) is 11.5. The number of alkyl halides is 1. The van der Waals surface area contributed by atoms with Gasteiger partial charge in [-0.3, -0.25) is 9.59 Å². The summed E-state index contributed by atoms with van der Waals surface area (Å²) in [7, 11) is 1.86. The van der Waals surface area contributed by atoms with E-state index in [1.54, 1.807) is 4.90 Å². The molecule has 1 aliphatic carbocycles. The summed E-state index contributed by atoms with van der Waals surface area (Å²) in [6.45, 7) is 1.00. The van der Waals surface area contributed by atoms with Crippen LogP contribution in [0.25, 0.3) is 0 Å². The molecule has 0 spiro atoms. The fourth-order valence-electron chi connectivity index (χ4n) is 4.10. The summed E-state index contributed by atoms with van der Waals surface area (Å²) >= 11 is 0. The average Bonchev–Trinajstić information content (AvgIpc) is 3.31. The summed E-state index contributed by atoms with van der Waals surface area (Å²) in [6.07, 6.45) is 4.73. The molecule has 5 nitrogen and oxygen atoms in total. The summed E-state index contributed by atoms with van der Waals surface area (Å²) < 4.78 is 16.1. The number of carbonyl (C=O) groups is 2. The van der Waals surface area contributed by atoms with Gasteiger partial charge in [-0.15, -0.1) is 0 Å². The van der Waals surface area contributed by atoms with Gasteiger partial charge in [0.2, 0.25) is 0 Å². The van der Waals surface area contributed by atoms with Gasteiger partial charge >= 0.3 is 0 Å². The van der Waals surface area contributed by atoms with Crippen molar-refractivity contribution in [1.29, 1.82) is 0 Å². The van der Waals surface area contributed by atoms with Gasteiger partial charge in [0.15, 0.2) is 6.17 Å². The van der Waals surface area contributed by atoms with E-state index in [1.807, 2.05) is 34.8 Å². The second-order valence-corrected chi connectivity index (χ2v) is 7.48. The molecule has 1 aromatic heterocycles. The maximum absolute atomic E-state index is 14.3. The van der Waals surface area contributed by atoms with Crippen molar-refractivity contribution in [1.82, 2.24) is 14.4 Å². The van der Waals surface area contributed by atoms with Gasteiger partial charge < -0.3 is 14.4 Å². The zero-order valence-corrected chi connectivity index (χ0v) is 14.0. The molecule has 24 heavy (non-hydrogen) atoms. The number of halogens is 1. The number of carbonyl (C=O) groups excluding carboxylic acids is 2. The highest BCUT2D eigenvalue weighted by molar-refractivity contribution is 5.93. The molecular weight excluding hydrogens is 309 g/mol. The molecule has 1 saturated carbocycles. The Bertz CT molecular complexity index is 654. The molecule has 130 valence electrons. The molecule has 0 aromatic carbocycles. The van der Waals surface area contributed by atoms with Crippen molar-refractivity contribution >= 4 is 11.8 Å². The van der Waals surface area contributed by atoms with Gasteiger partial charge in [-0.05, 0) is 37.3 Å². The minimum Gasteiger partial charge on any atom is -0.347 e. The zero-order valence-electron chi connectivity index (χ0n) is 14.0. The van der Waals surface area contributed by atoms with Gasteiger partial charge in [0.05, 0.1) is 0 Å². The fraction of sp³-hybridized carbons (Fsp3) is 0.667. The Morgan fingerprint density at radius 1 is 1.17 bits per heavy atom. The van der Waals surface area contributed by atoms with Crippen LogP contribution in [0.5, 0.6) is 0 Å². The summed E-state index contributed by atoms with van der Waals surface area (Å²) in [5, 5.41) is 0. The van der Waals surface area contributed by atoms with Crippen LogP contribution in [-0.4, -0.2) is 57.5 Å². The van der Waals surface area contributed by atoms with Crippen molar-refractivity contribution in [3.05, 3.63) is 24.0 Å². The topological polar surface area (TPSA) is 45.6 Å².